The molecule has 0 spiro atoms. The highest BCUT2D eigenvalue weighted by Gasteiger charge is 2.05. The minimum atomic E-state index is 0.425. The predicted molar refractivity (Wildman–Crippen MR) is 85.1 cm³/mol. The summed E-state index contributed by atoms with van der Waals surface area (Å²) in [7, 11) is 0. The van der Waals surface area contributed by atoms with Crippen LogP contribution in [0.4, 0.5) is 0 Å². The predicted octanol–water partition coefficient (Wildman–Crippen LogP) is 4.12. The second-order valence-corrected chi connectivity index (χ2v) is 4.86. The third-order valence-corrected chi connectivity index (χ3v) is 3.40. The lowest BCUT2D eigenvalue weighted by Crippen LogP contribution is -2.33. The van der Waals surface area contributed by atoms with Crippen LogP contribution in [0.2, 0.25) is 0 Å². The van der Waals surface area contributed by atoms with Gasteiger partial charge in [-0.2, -0.15) is 0 Å². The Kier molecular flexibility index (Phi) is 5.63. The highest BCUT2D eigenvalue weighted by atomic mass is 16.5. The molecule has 0 heterocycles. The van der Waals surface area contributed by atoms with Crippen molar-refractivity contribution >= 4 is 0 Å². The Hall–Kier alpha value is -1.80. The zero-order chi connectivity index (χ0) is 14.2. The van der Waals surface area contributed by atoms with Crippen molar-refractivity contribution in [2.45, 2.75) is 26.3 Å². The molecule has 2 aromatic rings. The molecule has 0 aliphatic carbocycles. The van der Waals surface area contributed by atoms with E-state index in [1.165, 1.54) is 11.1 Å². The van der Waals surface area contributed by atoms with Crippen LogP contribution in [0.25, 0.3) is 11.1 Å². The smallest absolute Gasteiger partial charge is 0.119 e. The average Bonchev–Trinajstić information content (AvgIpc) is 2.53. The van der Waals surface area contributed by atoms with Crippen LogP contribution in [-0.2, 0) is 0 Å². The van der Waals surface area contributed by atoms with Gasteiger partial charge in [-0.25, -0.2) is 0 Å². The number of hydrogen-bond donors (Lipinski definition) is 1. The molecule has 0 saturated carbocycles. The van der Waals surface area contributed by atoms with Crippen LogP contribution < -0.4 is 10.1 Å². The summed E-state index contributed by atoms with van der Waals surface area (Å²) in [4.78, 5) is 0. The standard InChI is InChI=1S/C18H23NO/c1-3-17(19-4-2)14-20-18-12-10-16(11-13-18)15-8-6-5-7-9-15/h5-13,17,19H,3-4,14H2,1-2H3. The SMILES string of the molecule is CCNC(CC)COc1ccc(-c2ccccc2)cc1. The maximum Gasteiger partial charge on any atom is 0.119 e. The minimum Gasteiger partial charge on any atom is -0.492 e. The van der Waals surface area contributed by atoms with Crippen molar-refractivity contribution in [3.8, 4) is 16.9 Å². The minimum absolute atomic E-state index is 0.425. The molecule has 1 atom stereocenters. The van der Waals surface area contributed by atoms with Gasteiger partial charge in [0.2, 0.25) is 0 Å². The topological polar surface area (TPSA) is 21.3 Å². The van der Waals surface area contributed by atoms with Crippen LogP contribution in [0.3, 0.4) is 0 Å². The molecule has 20 heavy (non-hydrogen) atoms. The molecule has 106 valence electrons. The lowest BCUT2D eigenvalue weighted by atomic mass is 10.1. The first kappa shape index (κ1) is 14.6. The van der Waals surface area contributed by atoms with Crippen LogP contribution in [0.15, 0.2) is 54.6 Å². The van der Waals surface area contributed by atoms with Crippen molar-refractivity contribution in [3.05, 3.63) is 54.6 Å². The van der Waals surface area contributed by atoms with E-state index in [0.29, 0.717) is 6.04 Å². The van der Waals surface area contributed by atoms with Crippen LogP contribution >= 0.6 is 0 Å². The van der Waals surface area contributed by atoms with E-state index >= 15 is 0 Å². The van der Waals surface area contributed by atoms with Gasteiger partial charge in [-0.3, -0.25) is 0 Å². The first-order valence-electron chi connectivity index (χ1n) is 7.35. The van der Waals surface area contributed by atoms with Gasteiger partial charge in [0, 0.05) is 6.04 Å². The molecule has 0 aliphatic heterocycles. The Morgan fingerprint density at radius 1 is 0.900 bits per heavy atom. The Labute approximate surface area is 121 Å². The summed E-state index contributed by atoms with van der Waals surface area (Å²) in [6.07, 6.45) is 1.08. The zero-order valence-electron chi connectivity index (χ0n) is 12.3. The maximum absolute atomic E-state index is 5.84. The molecule has 0 radical (unpaired) electrons. The highest BCUT2D eigenvalue weighted by molar-refractivity contribution is 5.63. The van der Waals surface area contributed by atoms with Gasteiger partial charge in [0.25, 0.3) is 0 Å². The summed E-state index contributed by atoms with van der Waals surface area (Å²) in [6, 6.07) is 19.1. The summed E-state index contributed by atoms with van der Waals surface area (Å²) in [5.74, 6) is 0.932. The Morgan fingerprint density at radius 3 is 2.15 bits per heavy atom. The molecule has 0 aliphatic rings. The molecular weight excluding hydrogens is 246 g/mol. The van der Waals surface area contributed by atoms with E-state index in [2.05, 4.69) is 55.6 Å². The number of rotatable bonds is 7. The lowest BCUT2D eigenvalue weighted by Gasteiger charge is -2.16. The summed E-state index contributed by atoms with van der Waals surface area (Å²) in [5.41, 5.74) is 2.45. The van der Waals surface area contributed by atoms with Gasteiger partial charge in [0.1, 0.15) is 12.4 Å². The average molecular weight is 269 g/mol. The molecule has 0 bridgehead atoms. The van der Waals surface area contributed by atoms with Gasteiger partial charge < -0.3 is 10.1 Å². The van der Waals surface area contributed by atoms with Crippen LogP contribution in [0, 0.1) is 0 Å². The molecule has 0 amide bonds. The maximum atomic E-state index is 5.84. The third-order valence-electron chi connectivity index (χ3n) is 3.40. The van der Waals surface area contributed by atoms with Gasteiger partial charge in [-0.05, 0) is 36.2 Å². The van der Waals surface area contributed by atoms with Crippen molar-refractivity contribution in [2.75, 3.05) is 13.2 Å². The Balaban J connectivity index is 1.95. The van der Waals surface area contributed by atoms with Crippen molar-refractivity contribution in [1.29, 1.82) is 0 Å². The Morgan fingerprint density at radius 2 is 1.55 bits per heavy atom. The van der Waals surface area contributed by atoms with E-state index in [9.17, 15) is 0 Å². The van der Waals surface area contributed by atoms with E-state index in [1.54, 1.807) is 0 Å². The molecule has 1 unspecified atom stereocenters. The van der Waals surface area contributed by atoms with E-state index in [4.69, 9.17) is 4.74 Å². The number of hydrogen-bond acceptors (Lipinski definition) is 2. The first-order valence-corrected chi connectivity index (χ1v) is 7.35. The molecule has 2 aromatic carbocycles. The molecule has 0 fully saturated rings. The van der Waals surface area contributed by atoms with Gasteiger partial charge in [-0.1, -0.05) is 56.3 Å². The fourth-order valence-corrected chi connectivity index (χ4v) is 2.18. The van der Waals surface area contributed by atoms with Gasteiger partial charge in [0.05, 0.1) is 0 Å². The second kappa shape index (κ2) is 7.71. The second-order valence-electron chi connectivity index (χ2n) is 4.86. The summed E-state index contributed by atoms with van der Waals surface area (Å²) in [6.45, 7) is 6.00. The molecule has 2 rings (SSSR count). The van der Waals surface area contributed by atoms with Crippen molar-refractivity contribution in [3.63, 3.8) is 0 Å². The molecule has 0 saturated heterocycles. The van der Waals surface area contributed by atoms with Crippen molar-refractivity contribution in [1.82, 2.24) is 5.32 Å². The Bertz CT molecular complexity index is 493. The molecule has 2 nitrogen and oxygen atoms in total. The van der Waals surface area contributed by atoms with Gasteiger partial charge >= 0.3 is 0 Å². The number of benzene rings is 2. The van der Waals surface area contributed by atoms with Crippen molar-refractivity contribution in [2.24, 2.45) is 0 Å². The number of ether oxygens (including phenoxy) is 1. The van der Waals surface area contributed by atoms with E-state index in [0.717, 1.165) is 25.3 Å². The molecule has 0 aromatic heterocycles. The third kappa shape index (κ3) is 4.10. The quantitative estimate of drug-likeness (QED) is 0.816. The molecular formula is C18H23NO. The summed E-state index contributed by atoms with van der Waals surface area (Å²) in [5, 5.41) is 3.41. The zero-order valence-corrected chi connectivity index (χ0v) is 12.3. The number of nitrogens with one attached hydrogen (secondary N) is 1. The largest absolute Gasteiger partial charge is 0.492 e. The highest BCUT2D eigenvalue weighted by Crippen LogP contribution is 2.22. The fourth-order valence-electron chi connectivity index (χ4n) is 2.18. The van der Waals surface area contributed by atoms with Crippen molar-refractivity contribution < 1.29 is 4.74 Å². The van der Waals surface area contributed by atoms with E-state index in [-0.39, 0.29) is 0 Å². The molecule has 1 N–H and O–H groups in total. The van der Waals surface area contributed by atoms with E-state index < -0.39 is 0 Å². The van der Waals surface area contributed by atoms with Crippen LogP contribution in [0.5, 0.6) is 5.75 Å². The normalized spacial score (nSPS) is 12.1. The van der Waals surface area contributed by atoms with Gasteiger partial charge in [-0.15, -0.1) is 0 Å². The monoisotopic (exact) mass is 269 g/mol. The fraction of sp³-hybridized carbons (Fsp3) is 0.333. The summed E-state index contributed by atoms with van der Waals surface area (Å²) >= 11 is 0. The number of likely N-dealkylation sites (N-methyl/N-ethyl adjacent to an activating group) is 1. The summed E-state index contributed by atoms with van der Waals surface area (Å²) < 4.78 is 5.84. The lowest BCUT2D eigenvalue weighted by molar-refractivity contribution is 0.262. The molecule has 2 heteroatoms. The van der Waals surface area contributed by atoms with Crippen LogP contribution in [0.1, 0.15) is 20.3 Å². The van der Waals surface area contributed by atoms with Crippen LogP contribution in [-0.4, -0.2) is 19.2 Å². The van der Waals surface area contributed by atoms with E-state index in [1.807, 2.05) is 18.2 Å². The first-order chi connectivity index (χ1) is 9.83. The van der Waals surface area contributed by atoms with Gasteiger partial charge in [0.15, 0.2) is 0 Å².